The third kappa shape index (κ3) is 3.49. The van der Waals surface area contributed by atoms with E-state index in [4.69, 9.17) is 9.47 Å². The van der Waals surface area contributed by atoms with Gasteiger partial charge < -0.3 is 9.47 Å². The van der Waals surface area contributed by atoms with Crippen LogP contribution in [-0.2, 0) is 6.61 Å². The fraction of sp³-hybridized carbons (Fsp3) is 0.143. The molecule has 0 saturated heterocycles. The van der Waals surface area contributed by atoms with Crippen LogP contribution in [0.2, 0.25) is 0 Å². The molecule has 106 valence electrons. The van der Waals surface area contributed by atoms with Crippen molar-refractivity contribution in [3.8, 4) is 11.5 Å². The Hall–Kier alpha value is -1.14. The van der Waals surface area contributed by atoms with Crippen molar-refractivity contribution in [3.05, 3.63) is 56.5 Å². The topological polar surface area (TPSA) is 18.5 Å². The Labute approximate surface area is 132 Å². The molecule has 6 heteroatoms. The first-order valence-corrected chi connectivity index (χ1v) is 7.19. The molecule has 2 rings (SSSR count). The van der Waals surface area contributed by atoms with Gasteiger partial charge in [-0.05, 0) is 40.2 Å². The average molecular weight is 408 g/mol. The predicted octanol–water partition coefficient (Wildman–Crippen LogP) is 5.08. The Morgan fingerprint density at radius 2 is 1.85 bits per heavy atom. The molecular weight excluding hydrogens is 398 g/mol. The van der Waals surface area contributed by atoms with Gasteiger partial charge in [0.1, 0.15) is 18.2 Å². The SMILES string of the molecule is COc1ccc(Br)cc1COc1c(F)cc(F)cc1Br. The summed E-state index contributed by atoms with van der Waals surface area (Å²) in [7, 11) is 1.54. The first kappa shape index (κ1) is 15.3. The third-order valence-electron chi connectivity index (χ3n) is 2.58. The molecule has 0 unspecified atom stereocenters. The monoisotopic (exact) mass is 406 g/mol. The smallest absolute Gasteiger partial charge is 0.169 e. The Balaban J connectivity index is 2.23. The minimum Gasteiger partial charge on any atom is -0.496 e. The van der Waals surface area contributed by atoms with Crippen molar-refractivity contribution in [1.29, 1.82) is 0 Å². The molecule has 0 spiro atoms. The van der Waals surface area contributed by atoms with Crippen molar-refractivity contribution in [2.45, 2.75) is 6.61 Å². The second kappa shape index (κ2) is 6.54. The summed E-state index contributed by atoms with van der Waals surface area (Å²) in [6.07, 6.45) is 0. The highest BCUT2D eigenvalue weighted by atomic mass is 79.9. The first-order valence-electron chi connectivity index (χ1n) is 5.61. The van der Waals surface area contributed by atoms with Crippen LogP contribution in [0.25, 0.3) is 0 Å². The third-order valence-corrected chi connectivity index (χ3v) is 3.66. The molecule has 0 radical (unpaired) electrons. The van der Waals surface area contributed by atoms with Crippen LogP contribution in [-0.4, -0.2) is 7.11 Å². The Kier molecular flexibility index (Phi) is 4.99. The van der Waals surface area contributed by atoms with Crippen LogP contribution in [0.5, 0.6) is 11.5 Å². The second-order valence-electron chi connectivity index (χ2n) is 3.94. The van der Waals surface area contributed by atoms with Gasteiger partial charge >= 0.3 is 0 Å². The van der Waals surface area contributed by atoms with Crippen LogP contribution in [0.1, 0.15) is 5.56 Å². The number of ether oxygens (including phenoxy) is 2. The van der Waals surface area contributed by atoms with E-state index in [1.165, 1.54) is 0 Å². The van der Waals surface area contributed by atoms with Crippen LogP contribution in [0.4, 0.5) is 8.78 Å². The number of rotatable bonds is 4. The summed E-state index contributed by atoms with van der Waals surface area (Å²) in [5.41, 5.74) is 0.748. The molecule has 0 saturated carbocycles. The number of methoxy groups -OCH3 is 1. The van der Waals surface area contributed by atoms with Crippen molar-refractivity contribution in [1.82, 2.24) is 0 Å². The van der Waals surface area contributed by atoms with Crippen LogP contribution < -0.4 is 9.47 Å². The summed E-state index contributed by atoms with van der Waals surface area (Å²) in [6.45, 7) is 0.101. The quantitative estimate of drug-likeness (QED) is 0.703. The van der Waals surface area contributed by atoms with Gasteiger partial charge in [-0.1, -0.05) is 15.9 Å². The molecule has 0 aliphatic carbocycles. The molecule has 2 aromatic rings. The zero-order valence-corrected chi connectivity index (χ0v) is 13.6. The average Bonchev–Trinajstić information content (AvgIpc) is 2.37. The molecule has 2 aromatic carbocycles. The Morgan fingerprint density at radius 1 is 1.10 bits per heavy atom. The largest absolute Gasteiger partial charge is 0.496 e. The summed E-state index contributed by atoms with van der Waals surface area (Å²) in [5, 5.41) is 0. The minimum atomic E-state index is -0.758. The van der Waals surface area contributed by atoms with Crippen molar-refractivity contribution >= 4 is 31.9 Å². The van der Waals surface area contributed by atoms with Crippen LogP contribution in [0, 0.1) is 11.6 Å². The molecule has 20 heavy (non-hydrogen) atoms. The maximum Gasteiger partial charge on any atom is 0.169 e. The van der Waals surface area contributed by atoms with E-state index in [0.717, 1.165) is 22.2 Å². The fourth-order valence-corrected chi connectivity index (χ4v) is 2.61. The van der Waals surface area contributed by atoms with Crippen molar-refractivity contribution in [3.63, 3.8) is 0 Å². The summed E-state index contributed by atoms with van der Waals surface area (Å²) < 4.78 is 38.3. The van der Waals surface area contributed by atoms with E-state index >= 15 is 0 Å². The van der Waals surface area contributed by atoms with Gasteiger partial charge in [0.15, 0.2) is 11.6 Å². The summed E-state index contributed by atoms with van der Waals surface area (Å²) in [6, 6.07) is 7.35. The number of hydrogen-bond donors (Lipinski definition) is 0. The van der Waals surface area contributed by atoms with Crippen molar-refractivity contribution in [2.24, 2.45) is 0 Å². The lowest BCUT2D eigenvalue weighted by Crippen LogP contribution is -2.01. The first-order chi connectivity index (χ1) is 9.51. The second-order valence-corrected chi connectivity index (χ2v) is 5.71. The normalized spacial score (nSPS) is 10.4. The predicted molar refractivity (Wildman–Crippen MR) is 79.1 cm³/mol. The van der Waals surface area contributed by atoms with Gasteiger partial charge in [-0.15, -0.1) is 0 Å². The lowest BCUT2D eigenvalue weighted by molar-refractivity contribution is 0.279. The van der Waals surface area contributed by atoms with E-state index < -0.39 is 11.6 Å². The van der Waals surface area contributed by atoms with Crippen LogP contribution in [0.3, 0.4) is 0 Å². The molecule has 0 aliphatic heterocycles. The molecule has 0 fully saturated rings. The summed E-state index contributed by atoms with van der Waals surface area (Å²) in [5.74, 6) is -0.826. The number of benzene rings is 2. The lowest BCUT2D eigenvalue weighted by atomic mass is 10.2. The molecule has 0 atom stereocenters. The highest BCUT2D eigenvalue weighted by Gasteiger charge is 2.12. The van der Waals surface area contributed by atoms with Crippen molar-refractivity contribution < 1.29 is 18.3 Å². The molecule has 0 N–H and O–H groups in total. The maximum absolute atomic E-state index is 13.6. The molecule has 0 aliphatic rings. The van der Waals surface area contributed by atoms with Crippen LogP contribution >= 0.6 is 31.9 Å². The Bertz CT molecular complexity index is 610. The maximum atomic E-state index is 13.6. The summed E-state index contributed by atoms with van der Waals surface area (Å²) in [4.78, 5) is 0. The van der Waals surface area contributed by atoms with E-state index in [1.54, 1.807) is 13.2 Å². The lowest BCUT2D eigenvalue weighted by Gasteiger charge is -2.12. The molecular formula is C14H10Br2F2O2. The van der Waals surface area contributed by atoms with Gasteiger partial charge in [-0.2, -0.15) is 0 Å². The zero-order chi connectivity index (χ0) is 14.7. The highest BCUT2D eigenvalue weighted by molar-refractivity contribution is 9.10. The highest BCUT2D eigenvalue weighted by Crippen LogP contribution is 2.31. The minimum absolute atomic E-state index is 0.0339. The zero-order valence-electron chi connectivity index (χ0n) is 10.4. The van der Waals surface area contributed by atoms with E-state index in [0.29, 0.717) is 5.75 Å². The van der Waals surface area contributed by atoms with Gasteiger partial charge in [0.05, 0.1) is 11.6 Å². The fourth-order valence-electron chi connectivity index (χ4n) is 1.68. The van der Waals surface area contributed by atoms with Gasteiger partial charge in [-0.25, -0.2) is 8.78 Å². The molecule has 0 heterocycles. The van der Waals surface area contributed by atoms with Gasteiger partial charge in [0, 0.05) is 16.1 Å². The van der Waals surface area contributed by atoms with Gasteiger partial charge in [0.2, 0.25) is 0 Å². The standard InChI is InChI=1S/C14H10Br2F2O2/c1-19-13-3-2-9(15)4-8(13)7-20-14-11(16)5-10(17)6-12(14)18/h2-6H,7H2,1H3. The Morgan fingerprint density at radius 3 is 2.50 bits per heavy atom. The number of hydrogen-bond acceptors (Lipinski definition) is 2. The molecule has 2 nitrogen and oxygen atoms in total. The van der Waals surface area contributed by atoms with Crippen LogP contribution in [0.15, 0.2) is 39.3 Å². The number of halogens is 4. The van der Waals surface area contributed by atoms with Crippen molar-refractivity contribution in [2.75, 3.05) is 7.11 Å². The van der Waals surface area contributed by atoms with E-state index in [2.05, 4.69) is 31.9 Å². The van der Waals surface area contributed by atoms with Gasteiger partial charge in [-0.3, -0.25) is 0 Å². The van der Waals surface area contributed by atoms with E-state index in [9.17, 15) is 8.78 Å². The van der Waals surface area contributed by atoms with Gasteiger partial charge in [0.25, 0.3) is 0 Å². The molecule has 0 bridgehead atoms. The van der Waals surface area contributed by atoms with E-state index in [1.807, 2.05) is 12.1 Å². The van der Waals surface area contributed by atoms with E-state index in [-0.39, 0.29) is 16.8 Å². The molecule has 0 amide bonds. The molecule has 0 aromatic heterocycles. The summed E-state index contributed by atoms with van der Waals surface area (Å²) >= 11 is 6.42.